The largest absolute Gasteiger partial charge is 0.513 e. The number of piperidine rings is 1. The number of benzene rings is 3. The number of rotatable bonds is 15. The van der Waals surface area contributed by atoms with Gasteiger partial charge in [-0.2, -0.15) is 0 Å². The van der Waals surface area contributed by atoms with Gasteiger partial charge >= 0.3 is 23.6 Å². The van der Waals surface area contributed by atoms with Crippen LogP contribution in [0.15, 0.2) is 78.9 Å². The molecule has 1 aliphatic heterocycles. The molecule has 1 fully saturated rings. The number of carbonyl (C=O) groups excluding carboxylic acids is 4. The Balaban J connectivity index is 0.000000435. The van der Waals surface area contributed by atoms with Crippen molar-refractivity contribution in [1.29, 1.82) is 0 Å². The van der Waals surface area contributed by atoms with Gasteiger partial charge in [0.15, 0.2) is 0 Å². The number of likely N-dealkylation sites (tertiary alicyclic amines) is 1. The van der Waals surface area contributed by atoms with Crippen LogP contribution in [0.3, 0.4) is 0 Å². The number of methoxy groups -OCH3 is 4. The molecule has 324 valence electrons. The highest BCUT2D eigenvalue weighted by atomic mass is 35.5. The number of halogens is 1. The number of amides is 1. The van der Waals surface area contributed by atoms with E-state index < -0.39 is 33.4 Å². The van der Waals surface area contributed by atoms with Crippen LogP contribution in [0.2, 0.25) is 0 Å². The predicted octanol–water partition coefficient (Wildman–Crippen LogP) is 6.29. The number of ether oxygens (including phenoxy) is 8. The number of aliphatic hydroxyl groups is 1. The first-order valence-electron chi connectivity index (χ1n) is 17.7. The third-order valence-corrected chi connectivity index (χ3v) is 7.67. The molecule has 21 heteroatoms. The van der Waals surface area contributed by atoms with Gasteiger partial charge in [-0.05, 0) is 49.1 Å². The van der Waals surface area contributed by atoms with Crippen LogP contribution in [0.5, 0.6) is 11.5 Å². The van der Waals surface area contributed by atoms with Crippen LogP contribution < -0.4 is 9.47 Å². The summed E-state index contributed by atoms with van der Waals surface area (Å²) in [4.78, 5) is 67.3. The van der Waals surface area contributed by atoms with Crippen LogP contribution in [0.1, 0.15) is 30.7 Å². The monoisotopic (exact) mass is 853 g/mol. The molecule has 59 heavy (non-hydrogen) atoms. The molecule has 0 bridgehead atoms. The zero-order chi connectivity index (χ0) is 44.0. The molecule has 3 aromatic rings. The fourth-order valence-corrected chi connectivity index (χ4v) is 5.01. The molecule has 1 saturated heterocycles. The summed E-state index contributed by atoms with van der Waals surface area (Å²) in [6, 6.07) is 19.3. The van der Waals surface area contributed by atoms with E-state index in [0.717, 1.165) is 24.8 Å². The average molecular weight is 854 g/mol. The predicted molar refractivity (Wildman–Crippen MR) is 210 cm³/mol. The maximum Gasteiger partial charge on any atom is 0.513 e. The molecule has 0 aliphatic carbocycles. The highest BCUT2D eigenvalue weighted by Crippen LogP contribution is 2.32. The van der Waals surface area contributed by atoms with Crippen molar-refractivity contribution in [1.82, 2.24) is 4.90 Å². The van der Waals surface area contributed by atoms with E-state index in [4.69, 9.17) is 35.7 Å². The van der Waals surface area contributed by atoms with E-state index in [-0.39, 0.29) is 61.3 Å². The second-order valence-corrected chi connectivity index (χ2v) is 11.8. The molecule has 2 unspecified atom stereocenters. The molecule has 0 radical (unpaired) electrons. The summed E-state index contributed by atoms with van der Waals surface area (Å²) >= 11 is 4.92. The van der Waals surface area contributed by atoms with Crippen molar-refractivity contribution in [2.45, 2.75) is 31.2 Å². The summed E-state index contributed by atoms with van der Waals surface area (Å²) in [5.41, 5.74) is -0.278. The summed E-state index contributed by atoms with van der Waals surface area (Å²) in [7, 11) is 5.96. The lowest BCUT2D eigenvalue weighted by molar-refractivity contribution is -0.385. The summed E-state index contributed by atoms with van der Waals surface area (Å²) in [5, 5.41) is 28.5. The van der Waals surface area contributed by atoms with E-state index in [9.17, 15) is 39.4 Å². The molecule has 0 spiro atoms. The van der Waals surface area contributed by atoms with Crippen molar-refractivity contribution in [3.05, 3.63) is 105 Å². The van der Waals surface area contributed by atoms with Crippen LogP contribution in [-0.2, 0) is 33.2 Å². The molecule has 4 rings (SSSR count). The summed E-state index contributed by atoms with van der Waals surface area (Å²) in [6.07, 6.45) is 1.33. The van der Waals surface area contributed by atoms with Crippen molar-refractivity contribution < 1.29 is 72.0 Å². The minimum atomic E-state index is -0.978. The second kappa shape index (κ2) is 30.2. The molecule has 3 aromatic carbocycles. The van der Waals surface area contributed by atoms with Gasteiger partial charge in [0.1, 0.15) is 30.6 Å². The smallest absolute Gasteiger partial charge is 0.468 e. The third-order valence-electron chi connectivity index (χ3n) is 7.59. The quantitative estimate of drug-likeness (QED) is 0.0335. The number of nitro groups is 2. The van der Waals surface area contributed by atoms with Gasteiger partial charge < -0.3 is 47.9 Å². The van der Waals surface area contributed by atoms with Crippen molar-refractivity contribution in [2.24, 2.45) is 0 Å². The molecule has 20 nitrogen and oxygen atoms in total. The Labute approximate surface area is 345 Å². The fraction of sp³-hybridized carbons (Fsp3) is 0.421. The van der Waals surface area contributed by atoms with Gasteiger partial charge in [-0.3, -0.25) is 25.0 Å². The van der Waals surface area contributed by atoms with E-state index in [2.05, 4.69) is 18.9 Å². The molecule has 0 aromatic heterocycles. The van der Waals surface area contributed by atoms with Crippen molar-refractivity contribution in [3.8, 4) is 11.5 Å². The lowest BCUT2D eigenvalue weighted by Crippen LogP contribution is -2.49. The molecule has 1 amide bonds. The van der Waals surface area contributed by atoms with Crippen molar-refractivity contribution >= 4 is 46.6 Å². The number of non-ortho nitro benzene ring substituents is 2. The SMILES string of the molecule is COCCO.COCCOC(=O)N1CCCCC1C(C(=O)OC)c1ccccc1.COCCOC(=O)Oc1ccc([N+](=O)[O-])cc1.O=C(Cl)Oc1ccc([N+](=O)[O-])cc1. The summed E-state index contributed by atoms with van der Waals surface area (Å²) in [5.74, 6) is -0.488. The maximum atomic E-state index is 12.4. The molecule has 0 saturated carbocycles. The maximum absolute atomic E-state index is 12.4. The van der Waals surface area contributed by atoms with Gasteiger partial charge in [-0.1, -0.05) is 30.3 Å². The Bertz CT molecular complexity index is 1700. The Morgan fingerprint density at radius 3 is 1.68 bits per heavy atom. The van der Waals surface area contributed by atoms with Crippen LogP contribution in [-0.4, -0.2) is 124 Å². The van der Waals surface area contributed by atoms with Gasteiger partial charge in [0.25, 0.3) is 11.4 Å². The molecular weight excluding hydrogens is 806 g/mol. The highest BCUT2D eigenvalue weighted by Gasteiger charge is 2.39. The third kappa shape index (κ3) is 20.9. The number of esters is 1. The first-order chi connectivity index (χ1) is 28.3. The van der Waals surface area contributed by atoms with Crippen molar-refractivity contribution in [2.75, 3.05) is 74.6 Å². The summed E-state index contributed by atoms with van der Waals surface area (Å²) in [6.45, 7) is 2.06. The van der Waals surface area contributed by atoms with Gasteiger partial charge in [-0.25, -0.2) is 14.4 Å². The molecule has 2 atom stereocenters. The number of aliphatic hydroxyl groups excluding tert-OH is 1. The number of hydrogen-bond acceptors (Lipinski definition) is 17. The van der Waals surface area contributed by atoms with E-state index in [1.54, 1.807) is 19.1 Å². The number of carbonyl (C=O) groups is 4. The van der Waals surface area contributed by atoms with E-state index >= 15 is 0 Å². The van der Waals surface area contributed by atoms with Crippen LogP contribution in [0.4, 0.5) is 25.8 Å². The number of hydrogen-bond donors (Lipinski definition) is 1. The zero-order valence-electron chi connectivity index (χ0n) is 32.9. The van der Waals surface area contributed by atoms with Gasteiger partial charge in [0, 0.05) is 63.7 Å². The molecule has 1 N–H and O–H groups in total. The van der Waals surface area contributed by atoms with Crippen molar-refractivity contribution in [3.63, 3.8) is 0 Å². The Hall–Kier alpha value is -5.93. The normalized spacial score (nSPS) is 13.2. The van der Waals surface area contributed by atoms with Crippen LogP contribution in [0, 0.1) is 20.2 Å². The zero-order valence-corrected chi connectivity index (χ0v) is 33.7. The molecule has 1 heterocycles. The standard InChI is InChI=1S/C18H25NO5.C10H11NO6.C7H4ClNO4.C3H8O2/c1-22-12-13-24-18(21)19-11-7-6-10-15(19)16(17(20)23-2)14-8-4-3-5-9-14;1-15-6-7-16-10(12)17-9-4-2-8(3-5-9)11(13)14;8-7(10)13-6-3-1-5(2-4-6)9(11)12;1-5-3-2-4/h3-5,8-9,15-16H,6-7,10-13H2,1-2H3;2-5H,6-7H2,1H3;1-4H;4H,2-3H2,1H3. The molecule has 1 aliphatic rings. The minimum Gasteiger partial charge on any atom is -0.468 e. The average Bonchev–Trinajstić information content (AvgIpc) is 3.23. The Morgan fingerprint density at radius 2 is 1.24 bits per heavy atom. The Morgan fingerprint density at radius 1 is 0.729 bits per heavy atom. The van der Waals surface area contributed by atoms with Crippen LogP contribution >= 0.6 is 11.6 Å². The van der Waals surface area contributed by atoms with E-state index in [1.165, 1.54) is 62.8 Å². The Kier molecular flexibility index (Phi) is 26.1. The topological polar surface area (TPSA) is 252 Å². The van der Waals surface area contributed by atoms with Crippen LogP contribution in [0.25, 0.3) is 0 Å². The summed E-state index contributed by atoms with van der Waals surface area (Å²) < 4.78 is 38.2. The van der Waals surface area contributed by atoms with Gasteiger partial charge in [-0.15, -0.1) is 0 Å². The first-order valence-corrected chi connectivity index (χ1v) is 18.1. The molecular formula is C38H48ClN3O17. The lowest BCUT2D eigenvalue weighted by Gasteiger charge is -2.38. The number of nitro benzene ring substituents is 2. The lowest BCUT2D eigenvalue weighted by atomic mass is 9.85. The highest BCUT2D eigenvalue weighted by molar-refractivity contribution is 6.61. The van der Waals surface area contributed by atoms with E-state index in [1.807, 2.05) is 30.3 Å². The second-order valence-electron chi connectivity index (χ2n) is 11.5. The van der Waals surface area contributed by atoms with Gasteiger partial charge in [0.05, 0.1) is 49.4 Å². The minimum absolute atomic E-state index is 0.0747. The first kappa shape index (κ1) is 51.1. The number of nitrogens with zero attached hydrogens (tertiary/aromatic N) is 3. The van der Waals surface area contributed by atoms with E-state index in [0.29, 0.717) is 19.8 Å². The fourth-order valence-electron chi connectivity index (χ4n) is 4.92. The van der Waals surface area contributed by atoms with Gasteiger partial charge in [0.2, 0.25) is 0 Å².